The fourth-order valence-corrected chi connectivity index (χ4v) is 9.46. The Hall–Kier alpha value is -8.26. The van der Waals surface area contributed by atoms with E-state index >= 15 is 0 Å². The first-order valence-electron chi connectivity index (χ1n) is 23.9. The number of hydrogen-bond donors (Lipinski definition) is 1. The maximum atomic E-state index is 14.5. The minimum Gasteiger partial charge on any atom is -0.465 e. The largest absolute Gasteiger partial charge is 0.465 e. The third kappa shape index (κ3) is 15.7. The van der Waals surface area contributed by atoms with Gasteiger partial charge in [-0.15, -0.1) is 0 Å². The van der Waals surface area contributed by atoms with Gasteiger partial charge in [0.05, 0.1) is 47.8 Å². The molecule has 1 amide bonds. The topological polar surface area (TPSA) is 310 Å². The number of methoxy groups -OCH3 is 1. The molecule has 2 heterocycles. The maximum absolute atomic E-state index is 14.5. The number of carbonyl (C=O) groups is 9. The fraction of sp³-hybridized carbons (Fsp3) is 0.377. The van der Waals surface area contributed by atoms with Crippen LogP contribution in [0.5, 0.6) is 0 Å². The SMILES string of the molecule is COC(=O)[C@@]1(OC[C@H]2O[C@@H](Sc3ccc([N+](=O)[O-])cc3)[C@H](OC(=O)c3ccccc3)[C@@H](OC(=O)c3ccccc3)[C@H]2OC(=O)c2ccccc2)C[C@H](OC(C)=O)[C@@H](NC(C)=O)[C@H]([C@H](OC(C)=O)[C@@H](COC(C)=O)OC(C)=O)O1. The van der Waals surface area contributed by atoms with E-state index in [1.54, 1.807) is 42.5 Å². The second-order valence-corrected chi connectivity index (χ2v) is 18.5. The number of amides is 1. The van der Waals surface area contributed by atoms with Crippen LogP contribution in [-0.4, -0.2) is 145 Å². The Kier molecular flexibility index (Phi) is 20.6. The van der Waals surface area contributed by atoms with Crippen molar-refractivity contribution in [2.75, 3.05) is 20.3 Å². The first-order valence-corrected chi connectivity index (χ1v) is 24.7. The minimum absolute atomic E-state index is 0.00254. The molecule has 25 heteroatoms. The highest BCUT2D eigenvalue weighted by Crippen LogP contribution is 2.42. The molecule has 0 aromatic heterocycles. The molecule has 0 bridgehead atoms. The van der Waals surface area contributed by atoms with Crippen LogP contribution in [-0.2, 0) is 80.9 Å². The summed E-state index contributed by atoms with van der Waals surface area (Å²) in [5.41, 5.74) is -1.78. The Bertz CT molecular complexity index is 2800. The molecular formula is C53H54N2O22S. The summed E-state index contributed by atoms with van der Waals surface area (Å²) < 4.78 is 65.5. The van der Waals surface area contributed by atoms with Crippen LogP contribution in [0.3, 0.4) is 0 Å². The predicted octanol–water partition coefficient (Wildman–Crippen LogP) is 4.63. The van der Waals surface area contributed by atoms with Crippen molar-refractivity contribution in [1.82, 2.24) is 5.32 Å². The van der Waals surface area contributed by atoms with E-state index in [2.05, 4.69) is 5.32 Å². The number of rotatable bonds is 21. The van der Waals surface area contributed by atoms with Gasteiger partial charge in [0.25, 0.3) is 11.5 Å². The molecule has 0 radical (unpaired) electrons. The van der Waals surface area contributed by atoms with Crippen molar-refractivity contribution in [2.45, 2.75) is 112 Å². The average Bonchev–Trinajstić information content (AvgIpc) is 3.62. The number of thioether (sulfide) groups is 1. The summed E-state index contributed by atoms with van der Waals surface area (Å²) in [6, 6.07) is 26.3. The highest BCUT2D eigenvalue weighted by molar-refractivity contribution is 7.99. The molecule has 4 aromatic rings. The number of nitrogens with one attached hydrogen (secondary N) is 1. The Balaban J connectivity index is 1.54. The summed E-state index contributed by atoms with van der Waals surface area (Å²) in [5, 5.41) is 14.2. The molecule has 0 saturated carbocycles. The van der Waals surface area contributed by atoms with Gasteiger partial charge in [-0.05, 0) is 48.5 Å². The van der Waals surface area contributed by atoms with Gasteiger partial charge in [-0.3, -0.25) is 34.1 Å². The summed E-state index contributed by atoms with van der Waals surface area (Å²) in [6.07, 6.45) is -15.3. The second kappa shape index (κ2) is 27.2. The lowest BCUT2D eigenvalue weighted by atomic mass is 9.87. The van der Waals surface area contributed by atoms with Crippen molar-refractivity contribution in [2.24, 2.45) is 0 Å². The highest BCUT2D eigenvalue weighted by atomic mass is 32.2. The van der Waals surface area contributed by atoms with Crippen LogP contribution in [0.1, 0.15) is 72.1 Å². The predicted molar refractivity (Wildman–Crippen MR) is 266 cm³/mol. The van der Waals surface area contributed by atoms with E-state index < -0.39 is 144 Å². The molecule has 0 unspecified atom stereocenters. The summed E-state index contributed by atoms with van der Waals surface area (Å²) in [7, 11) is 0.932. The van der Waals surface area contributed by atoms with E-state index in [-0.39, 0.29) is 27.3 Å². The summed E-state index contributed by atoms with van der Waals surface area (Å²) in [4.78, 5) is 132. The average molecular weight is 1100 g/mol. The highest BCUT2D eigenvalue weighted by Gasteiger charge is 2.61. The second-order valence-electron chi connectivity index (χ2n) is 17.4. The molecule has 2 aliphatic heterocycles. The van der Waals surface area contributed by atoms with Crippen molar-refractivity contribution in [3.05, 3.63) is 142 Å². The first-order chi connectivity index (χ1) is 37.2. The van der Waals surface area contributed by atoms with E-state index in [9.17, 15) is 53.3 Å². The third-order valence-corrected chi connectivity index (χ3v) is 12.8. The lowest BCUT2D eigenvalue weighted by molar-refractivity contribution is -0.384. The van der Waals surface area contributed by atoms with Crippen molar-refractivity contribution >= 4 is 71.1 Å². The maximum Gasteiger partial charge on any atom is 0.366 e. The number of non-ortho nitro benzene ring substituents is 1. The van der Waals surface area contributed by atoms with Gasteiger partial charge in [0.15, 0.2) is 30.5 Å². The van der Waals surface area contributed by atoms with Crippen LogP contribution < -0.4 is 5.32 Å². The van der Waals surface area contributed by atoms with Crippen LogP contribution in [0.4, 0.5) is 5.69 Å². The number of hydrogen-bond acceptors (Lipinski definition) is 23. The first kappa shape index (κ1) is 59.0. The summed E-state index contributed by atoms with van der Waals surface area (Å²) in [5.74, 6) is -11.8. The lowest BCUT2D eigenvalue weighted by Crippen LogP contribution is -2.70. The van der Waals surface area contributed by atoms with Crippen molar-refractivity contribution in [1.29, 1.82) is 0 Å². The zero-order chi connectivity index (χ0) is 56.7. The van der Waals surface area contributed by atoms with Crippen LogP contribution in [0.2, 0.25) is 0 Å². The normalized spacial score (nSPS) is 23.3. The van der Waals surface area contributed by atoms with E-state index in [4.69, 9.17) is 52.1 Å². The van der Waals surface area contributed by atoms with E-state index in [1.165, 1.54) is 72.8 Å². The molecular weight excluding hydrogens is 1050 g/mol. The zero-order valence-corrected chi connectivity index (χ0v) is 43.5. The Morgan fingerprint density at radius 1 is 0.667 bits per heavy atom. The van der Waals surface area contributed by atoms with E-state index in [1.807, 2.05) is 0 Å². The van der Waals surface area contributed by atoms with E-state index in [0.717, 1.165) is 53.5 Å². The fourth-order valence-electron chi connectivity index (χ4n) is 8.35. The van der Waals surface area contributed by atoms with Crippen molar-refractivity contribution in [3.8, 4) is 0 Å². The number of nitro benzene ring substituents is 1. The molecule has 4 aromatic carbocycles. The van der Waals surface area contributed by atoms with Crippen LogP contribution in [0.15, 0.2) is 120 Å². The van der Waals surface area contributed by atoms with Gasteiger partial charge in [-0.25, -0.2) is 19.2 Å². The Morgan fingerprint density at radius 2 is 1.18 bits per heavy atom. The van der Waals surface area contributed by atoms with Crippen LogP contribution in [0.25, 0.3) is 0 Å². The van der Waals surface area contributed by atoms with Crippen LogP contribution in [0, 0.1) is 10.1 Å². The lowest BCUT2D eigenvalue weighted by Gasteiger charge is -2.49. The number of nitrogens with zero attached hydrogens (tertiary/aromatic N) is 1. The number of carbonyl (C=O) groups excluding carboxylic acids is 9. The monoisotopic (exact) mass is 1100 g/mol. The van der Waals surface area contributed by atoms with Crippen LogP contribution >= 0.6 is 11.8 Å². The number of nitro groups is 1. The molecule has 78 heavy (non-hydrogen) atoms. The smallest absolute Gasteiger partial charge is 0.366 e. The molecule has 6 rings (SSSR count). The number of ether oxygens (including phenoxy) is 11. The van der Waals surface area contributed by atoms with Gasteiger partial charge in [-0.1, -0.05) is 66.4 Å². The molecule has 2 saturated heterocycles. The molecule has 2 fully saturated rings. The number of benzene rings is 4. The summed E-state index contributed by atoms with van der Waals surface area (Å²) in [6.45, 7) is 3.31. The molecule has 11 atom stereocenters. The third-order valence-electron chi connectivity index (χ3n) is 11.6. The van der Waals surface area contributed by atoms with E-state index in [0.29, 0.717) is 0 Å². The summed E-state index contributed by atoms with van der Waals surface area (Å²) >= 11 is 0.831. The standard InChI is InChI=1S/C53H54N2O22S/c1-29(56)54-42-39(70-31(3)58)26-53(52(64)67-6,77-45(42)43(72-33(5)60)40(71-32(4)59)27-68-30(2)57)69-28-41-44(74-48(61)34-16-10-7-11-17-34)46(75-49(62)35-18-12-8-13-19-35)47(76-50(63)36-20-14-9-15-21-36)51(73-41)78-38-24-22-37(23-25-38)55(65)66/h7-25,39-47,51H,26-28H2,1-6H3,(H,54,56)/t39-,40+,41+,42+,43+,44-,45+,46-,47+,51-,53+/m0/s1. The quantitative estimate of drug-likeness (QED) is 0.0515. The van der Waals surface area contributed by atoms with Crippen molar-refractivity contribution in [3.63, 3.8) is 0 Å². The van der Waals surface area contributed by atoms with Gasteiger partial charge in [0.1, 0.15) is 30.4 Å². The van der Waals surface area contributed by atoms with Gasteiger partial charge >= 0.3 is 47.8 Å². The minimum atomic E-state index is -2.85. The molecule has 414 valence electrons. The van der Waals surface area contributed by atoms with Gasteiger partial charge < -0.3 is 57.4 Å². The van der Waals surface area contributed by atoms with Gasteiger partial charge in [0, 0.05) is 51.6 Å². The molecule has 2 aliphatic rings. The zero-order valence-electron chi connectivity index (χ0n) is 42.7. The number of esters is 8. The van der Waals surface area contributed by atoms with Crippen molar-refractivity contribution < 1.29 is 100 Å². The Labute approximate surface area is 449 Å². The van der Waals surface area contributed by atoms with Gasteiger partial charge in [-0.2, -0.15) is 0 Å². The molecule has 24 nitrogen and oxygen atoms in total. The van der Waals surface area contributed by atoms with Gasteiger partial charge in [0.2, 0.25) is 5.91 Å². The molecule has 0 aliphatic carbocycles. The molecule has 1 N–H and O–H groups in total. The molecule has 0 spiro atoms. The Morgan fingerprint density at radius 3 is 1.64 bits per heavy atom.